The van der Waals surface area contributed by atoms with Gasteiger partial charge in [0.05, 0.1) is 12.5 Å². The summed E-state index contributed by atoms with van der Waals surface area (Å²) in [6, 6.07) is 21.0. The van der Waals surface area contributed by atoms with Crippen LogP contribution in [-0.4, -0.2) is 44.3 Å². The molecule has 0 radical (unpaired) electrons. The number of hydrogen-bond acceptors (Lipinski definition) is 6. The summed E-state index contributed by atoms with van der Waals surface area (Å²) in [4.78, 5) is 20.8. The molecule has 0 saturated carbocycles. The fraction of sp³-hybridized carbons (Fsp3) is 0.200. The first-order chi connectivity index (χ1) is 16.2. The number of rotatable bonds is 10. The molecule has 168 valence electrons. The number of nitrogens with one attached hydrogen (secondary N) is 3. The summed E-state index contributed by atoms with van der Waals surface area (Å²) in [5, 5.41) is 23.3. The molecule has 0 aliphatic rings. The first-order valence-corrected chi connectivity index (χ1v) is 10.8. The van der Waals surface area contributed by atoms with Crippen molar-refractivity contribution < 1.29 is 9.90 Å². The van der Waals surface area contributed by atoms with Crippen LogP contribution in [0.25, 0.3) is 11.4 Å². The van der Waals surface area contributed by atoms with Crippen LogP contribution in [0.2, 0.25) is 0 Å². The Kier molecular flexibility index (Phi) is 7.52. The van der Waals surface area contributed by atoms with Gasteiger partial charge in [-0.15, -0.1) is 0 Å². The number of aliphatic hydroxyl groups is 1. The lowest BCUT2D eigenvalue weighted by Gasteiger charge is -2.12. The van der Waals surface area contributed by atoms with E-state index < -0.39 is 6.10 Å². The number of carbonyl (C=O) groups excluding carboxylic acids is 1. The van der Waals surface area contributed by atoms with Gasteiger partial charge in [0.2, 0.25) is 5.91 Å². The highest BCUT2D eigenvalue weighted by molar-refractivity contribution is 5.91. The second kappa shape index (κ2) is 11.1. The van der Waals surface area contributed by atoms with Crippen molar-refractivity contribution in [1.29, 1.82) is 0 Å². The fourth-order valence-electron chi connectivity index (χ4n) is 3.37. The summed E-state index contributed by atoms with van der Waals surface area (Å²) in [5.41, 5.74) is 3.56. The predicted octanol–water partition coefficient (Wildman–Crippen LogP) is 2.91. The molecule has 1 amide bonds. The van der Waals surface area contributed by atoms with Crippen molar-refractivity contribution in [2.45, 2.75) is 18.9 Å². The molecule has 0 fully saturated rings. The zero-order valence-electron chi connectivity index (χ0n) is 18.1. The van der Waals surface area contributed by atoms with Gasteiger partial charge in [-0.2, -0.15) is 5.10 Å². The molecule has 0 aliphatic heterocycles. The van der Waals surface area contributed by atoms with Crippen molar-refractivity contribution in [2.24, 2.45) is 0 Å². The number of carbonyl (C=O) groups is 1. The molecule has 33 heavy (non-hydrogen) atoms. The summed E-state index contributed by atoms with van der Waals surface area (Å²) in [7, 11) is 0. The minimum atomic E-state index is -0.579. The van der Waals surface area contributed by atoms with Gasteiger partial charge in [-0.3, -0.25) is 14.9 Å². The van der Waals surface area contributed by atoms with Crippen LogP contribution < -0.4 is 10.6 Å². The fourth-order valence-corrected chi connectivity index (χ4v) is 3.37. The number of aromatic nitrogens is 4. The summed E-state index contributed by atoms with van der Waals surface area (Å²) in [6.07, 6.45) is 3.71. The van der Waals surface area contributed by atoms with Crippen LogP contribution in [0.1, 0.15) is 23.1 Å². The quantitative estimate of drug-likeness (QED) is 0.281. The van der Waals surface area contributed by atoms with Gasteiger partial charge in [-0.1, -0.05) is 48.5 Å². The molecule has 4 N–H and O–H groups in total. The zero-order chi connectivity index (χ0) is 22.9. The Morgan fingerprint density at radius 3 is 2.61 bits per heavy atom. The number of hydrogen-bond donors (Lipinski definition) is 4. The molecule has 4 rings (SSSR count). The average molecular weight is 443 g/mol. The van der Waals surface area contributed by atoms with Gasteiger partial charge >= 0.3 is 0 Å². The van der Waals surface area contributed by atoms with Gasteiger partial charge in [0, 0.05) is 35.8 Å². The van der Waals surface area contributed by atoms with E-state index >= 15 is 0 Å². The number of anilines is 1. The molecule has 0 bridgehead atoms. The molecular formula is C25H26N6O2. The topological polar surface area (TPSA) is 116 Å². The molecule has 0 aliphatic carbocycles. The number of pyridine rings is 1. The Bertz CT molecular complexity index is 1150. The van der Waals surface area contributed by atoms with Crippen LogP contribution in [0, 0.1) is 0 Å². The summed E-state index contributed by atoms with van der Waals surface area (Å²) < 4.78 is 0. The molecule has 2 aromatic heterocycles. The van der Waals surface area contributed by atoms with Crippen molar-refractivity contribution in [3.63, 3.8) is 0 Å². The third-order valence-corrected chi connectivity index (χ3v) is 5.13. The first-order valence-electron chi connectivity index (χ1n) is 10.8. The van der Waals surface area contributed by atoms with Gasteiger partial charge in [0.1, 0.15) is 5.82 Å². The summed E-state index contributed by atoms with van der Waals surface area (Å²) in [6.45, 7) is 1.20. The minimum absolute atomic E-state index is 0.116. The van der Waals surface area contributed by atoms with Gasteiger partial charge in [0.25, 0.3) is 0 Å². The molecule has 8 heteroatoms. The molecule has 0 unspecified atom stereocenters. The molecule has 1 atom stereocenters. The third kappa shape index (κ3) is 6.55. The van der Waals surface area contributed by atoms with Crippen LogP contribution in [0.15, 0.2) is 79.1 Å². The van der Waals surface area contributed by atoms with Crippen LogP contribution in [-0.2, 0) is 17.6 Å². The molecule has 0 saturated heterocycles. The third-order valence-electron chi connectivity index (χ3n) is 5.13. The van der Waals surface area contributed by atoms with E-state index in [0.29, 0.717) is 18.2 Å². The van der Waals surface area contributed by atoms with E-state index in [1.165, 1.54) is 0 Å². The smallest absolute Gasteiger partial charge is 0.232 e. The SMILES string of the molecule is O=C(Cc1nc(-c2ccccc2)n[nH]1)Nc1ccc(CCNC[C@H](O)c2cccnc2)cc1. The van der Waals surface area contributed by atoms with E-state index in [-0.39, 0.29) is 12.3 Å². The van der Waals surface area contributed by atoms with Crippen molar-refractivity contribution in [3.05, 3.63) is 96.1 Å². The number of amides is 1. The van der Waals surface area contributed by atoms with Crippen LogP contribution in [0.3, 0.4) is 0 Å². The highest BCUT2D eigenvalue weighted by Crippen LogP contribution is 2.14. The molecule has 4 aromatic rings. The monoisotopic (exact) mass is 442 g/mol. The highest BCUT2D eigenvalue weighted by atomic mass is 16.3. The first kappa shape index (κ1) is 22.3. The number of aliphatic hydroxyl groups excluding tert-OH is 1. The van der Waals surface area contributed by atoms with Gasteiger partial charge in [-0.25, -0.2) is 4.98 Å². The van der Waals surface area contributed by atoms with Gasteiger partial charge in [0.15, 0.2) is 5.82 Å². The second-order valence-electron chi connectivity index (χ2n) is 7.65. The molecule has 8 nitrogen and oxygen atoms in total. The van der Waals surface area contributed by atoms with Crippen LogP contribution >= 0.6 is 0 Å². The number of benzene rings is 2. The van der Waals surface area contributed by atoms with E-state index in [4.69, 9.17) is 0 Å². The van der Waals surface area contributed by atoms with E-state index in [9.17, 15) is 9.90 Å². The average Bonchev–Trinajstić information content (AvgIpc) is 3.32. The Labute approximate surface area is 192 Å². The van der Waals surface area contributed by atoms with E-state index in [1.807, 2.05) is 66.7 Å². The Morgan fingerprint density at radius 1 is 1.03 bits per heavy atom. The molecule has 2 heterocycles. The van der Waals surface area contributed by atoms with Crippen molar-refractivity contribution >= 4 is 11.6 Å². The molecule has 2 aromatic carbocycles. The second-order valence-corrected chi connectivity index (χ2v) is 7.65. The Hall–Kier alpha value is -3.88. The lowest BCUT2D eigenvalue weighted by molar-refractivity contribution is -0.115. The Morgan fingerprint density at radius 2 is 1.85 bits per heavy atom. The van der Waals surface area contributed by atoms with Crippen molar-refractivity contribution in [2.75, 3.05) is 18.4 Å². The molecule has 0 spiro atoms. The minimum Gasteiger partial charge on any atom is -0.387 e. The molecular weight excluding hydrogens is 416 g/mol. The van der Waals surface area contributed by atoms with Gasteiger partial charge in [-0.05, 0) is 36.7 Å². The van der Waals surface area contributed by atoms with E-state index in [0.717, 1.165) is 35.3 Å². The highest BCUT2D eigenvalue weighted by Gasteiger charge is 2.10. The number of nitrogens with zero attached hydrogens (tertiary/aromatic N) is 3. The lowest BCUT2D eigenvalue weighted by atomic mass is 10.1. The number of aromatic amines is 1. The van der Waals surface area contributed by atoms with Crippen LogP contribution in [0.4, 0.5) is 5.69 Å². The van der Waals surface area contributed by atoms with Crippen molar-refractivity contribution in [1.82, 2.24) is 25.5 Å². The zero-order valence-corrected chi connectivity index (χ0v) is 18.1. The maximum atomic E-state index is 12.4. The maximum absolute atomic E-state index is 12.4. The van der Waals surface area contributed by atoms with E-state index in [1.54, 1.807) is 12.4 Å². The van der Waals surface area contributed by atoms with Crippen molar-refractivity contribution in [3.8, 4) is 11.4 Å². The Balaban J connectivity index is 1.20. The normalized spacial score (nSPS) is 11.8. The van der Waals surface area contributed by atoms with Gasteiger partial charge < -0.3 is 15.7 Å². The predicted molar refractivity (Wildman–Crippen MR) is 126 cm³/mol. The summed E-state index contributed by atoms with van der Waals surface area (Å²) in [5.74, 6) is 0.927. The summed E-state index contributed by atoms with van der Waals surface area (Å²) >= 11 is 0. The standard InChI is InChI=1S/C25H26N6O2/c32-22(20-7-4-13-26-16-20)17-27-14-12-18-8-10-21(11-9-18)28-24(33)15-23-29-25(31-30-23)19-5-2-1-3-6-19/h1-11,13,16,22,27,32H,12,14-15,17H2,(H,28,33)(H,29,30,31)/t22-/m0/s1. The lowest BCUT2D eigenvalue weighted by Crippen LogP contribution is -2.23. The van der Waals surface area contributed by atoms with E-state index in [2.05, 4.69) is 30.8 Å². The maximum Gasteiger partial charge on any atom is 0.232 e. The van der Waals surface area contributed by atoms with Crippen LogP contribution in [0.5, 0.6) is 0 Å². The largest absolute Gasteiger partial charge is 0.387 e. The number of H-pyrrole nitrogens is 1.